The zero-order valence-electron chi connectivity index (χ0n) is 10.9. The second-order valence-electron chi connectivity index (χ2n) is 4.38. The van der Waals surface area contributed by atoms with Crippen LogP contribution < -0.4 is 0 Å². The standard InChI is InChI=1S/C11H12N2O7S/c1-5(15)20-2-6-3-21-10-8(12(19)4-14)9(16)13(10)7(6)11(17)18/h4,8,10,19H,2-3H2,1H3,(H,17,18)/t8-,10-/m1/s1. The summed E-state index contributed by atoms with van der Waals surface area (Å²) in [5.74, 6) is -2.37. The van der Waals surface area contributed by atoms with Crippen molar-refractivity contribution in [3.05, 3.63) is 11.3 Å². The van der Waals surface area contributed by atoms with Crippen LogP contribution in [0.2, 0.25) is 0 Å². The van der Waals surface area contributed by atoms with Crippen molar-refractivity contribution in [1.29, 1.82) is 0 Å². The molecule has 2 aliphatic heterocycles. The highest BCUT2D eigenvalue weighted by molar-refractivity contribution is 8.00. The monoisotopic (exact) mass is 316 g/mol. The van der Waals surface area contributed by atoms with E-state index in [1.165, 1.54) is 18.7 Å². The molecule has 0 aliphatic carbocycles. The third-order valence-corrected chi connectivity index (χ3v) is 4.39. The van der Waals surface area contributed by atoms with Gasteiger partial charge in [-0.25, -0.2) is 9.86 Å². The van der Waals surface area contributed by atoms with E-state index in [0.717, 1.165) is 4.90 Å². The van der Waals surface area contributed by atoms with Gasteiger partial charge in [0.25, 0.3) is 5.91 Å². The second kappa shape index (κ2) is 5.74. The number of carbonyl (C=O) groups excluding carboxylic acids is 3. The second-order valence-corrected chi connectivity index (χ2v) is 5.48. The SMILES string of the molecule is CC(=O)OCC1=C(C(=O)O)N2C(=O)[C@@H](N(O)C=O)[C@H]2SC1. The summed E-state index contributed by atoms with van der Waals surface area (Å²) < 4.78 is 4.77. The molecule has 2 rings (SSSR count). The molecule has 0 bridgehead atoms. The van der Waals surface area contributed by atoms with E-state index in [2.05, 4.69) is 0 Å². The van der Waals surface area contributed by atoms with Gasteiger partial charge in [-0.05, 0) is 0 Å². The summed E-state index contributed by atoms with van der Waals surface area (Å²) in [7, 11) is 0. The molecular weight excluding hydrogens is 304 g/mol. The molecule has 2 atom stereocenters. The quantitative estimate of drug-likeness (QED) is 0.218. The van der Waals surface area contributed by atoms with Crippen molar-refractivity contribution in [2.75, 3.05) is 12.4 Å². The van der Waals surface area contributed by atoms with Crippen molar-refractivity contribution in [1.82, 2.24) is 9.96 Å². The van der Waals surface area contributed by atoms with Crippen LogP contribution in [0.5, 0.6) is 0 Å². The van der Waals surface area contributed by atoms with E-state index in [9.17, 15) is 29.5 Å². The summed E-state index contributed by atoms with van der Waals surface area (Å²) in [6.07, 6.45) is 0.0962. The first kappa shape index (κ1) is 15.3. The molecule has 0 saturated carbocycles. The number of hydrogen-bond donors (Lipinski definition) is 2. The average molecular weight is 316 g/mol. The summed E-state index contributed by atoms with van der Waals surface area (Å²) in [6.45, 7) is 0.972. The number of hydroxylamine groups is 2. The number of esters is 1. The van der Waals surface area contributed by atoms with Gasteiger partial charge < -0.3 is 9.84 Å². The van der Waals surface area contributed by atoms with Gasteiger partial charge in [-0.3, -0.25) is 24.5 Å². The minimum absolute atomic E-state index is 0.0962. The maximum atomic E-state index is 11.9. The Morgan fingerprint density at radius 3 is 2.76 bits per heavy atom. The first-order valence-corrected chi connectivity index (χ1v) is 6.89. The molecule has 0 aromatic carbocycles. The summed E-state index contributed by atoms with van der Waals surface area (Å²) in [5.41, 5.74) is 0.0295. The number of nitrogens with zero attached hydrogens (tertiary/aromatic N) is 2. The molecule has 0 aromatic heterocycles. The lowest BCUT2D eigenvalue weighted by atomic mass is 10.0. The Labute approximate surface area is 123 Å². The molecule has 2 N–H and O–H groups in total. The van der Waals surface area contributed by atoms with Crippen LogP contribution in [0.3, 0.4) is 0 Å². The highest BCUT2D eigenvalue weighted by atomic mass is 32.2. The number of aliphatic carboxylic acids is 1. The first-order valence-electron chi connectivity index (χ1n) is 5.84. The third kappa shape index (κ3) is 2.59. The number of rotatable bonds is 5. The Hall–Kier alpha value is -2.07. The van der Waals surface area contributed by atoms with Crippen molar-refractivity contribution in [2.24, 2.45) is 0 Å². The van der Waals surface area contributed by atoms with Gasteiger partial charge in [0.2, 0.25) is 6.41 Å². The summed E-state index contributed by atoms with van der Waals surface area (Å²) in [4.78, 5) is 45.6. The zero-order chi connectivity index (χ0) is 15.7. The molecule has 1 fully saturated rings. The fourth-order valence-corrected chi connectivity index (χ4v) is 3.51. The fourth-order valence-electron chi connectivity index (χ4n) is 2.14. The number of thioether (sulfide) groups is 1. The van der Waals surface area contributed by atoms with Crippen LogP contribution in [0, 0.1) is 0 Å². The number of hydrogen-bond acceptors (Lipinski definition) is 7. The van der Waals surface area contributed by atoms with Crippen LogP contribution in [0.25, 0.3) is 0 Å². The van der Waals surface area contributed by atoms with Gasteiger partial charge in [-0.15, -0.1) is 11.8 Å². The molecule has 9 nitrogen and oxygen atoms in total. The molecule has 0 radical (unpaired) electrons. The lowest BCUT2D eigenvalue weighted by Crippen LogP contribution is -2.69. The highest BCUT2D eigenvalue weighted by Gasteiger charge is 2.56. The van der Waals surface area contributed by atoms with Crippen LogP contribution in [-0.2, 0) is 23.9 Å². The number of fused-ring (bicyclic) bond motifs is 1. The number of amides is 2. The van der Waals surface area contributed by atoms with E-state index in [1.807, 2.05) is 0 Å². The van der Waals surface area contributed by atoms with E-state index in [4.69, 9.17) is 4.74 Å². The van der Waals surface area contributed by atoms with Gasteiger partial charge in [0.15, 0.2) is 6.04 Å². The predicted octanol–water partition coefficient (Wildman–Crippen LogP) is -0.980. The van der Waals surface area contributed by atoms with Crippen LogP contribution in [-0.4, -0.2) is 68.3 Å². The summed E-state index contributed by atoms with van der Waals surface area (Å²) in [6, 6.07) is -1.10. The smallest absolute Gasteiger partial charge is 0.352 e. The Kier molecular flexibility index (Phi) is 4.19. The van der Waals surface area contributed by atoms with Crippen molar-refractivity contribution in [3.8, 4) is 0 Å². The normalized spacial score (nSPS) is 24.1. The summed E-state index contributed by atoms with van der Waals surface area (Å²) >= 11 is 1.18. The van der Waals surface area contributed by atoms with Gasteiger partial charge in [-0.1, -0.05) is 0 Å². The highest BCUT2D eigenvalue weighted by Crippen LogP contribution is 2.41. The Morgan fingerprint density at radius 2 is 2.24 bits per heavy atom. The Bertz CT molecular complexity index is 547. The van der Waals surface area contributed by atoms with Crippen molar-refractivity contribution in [2.45, 2.75) is 18.3 Å². The maximum absolute atomic E-state index is 11.9. The van der Waals surface area contributed by atoms with Gasteiger partial charge in [-0.2, -0.15) is 0 Å². The van der Waals surface area contributed by atoms with Crippen molar-refractivity contribution in [3.63, 3.8) is 0 Å². The number of β-lactam (4-membered cyclic amide) rings is 1. The Balaban J connectivity index is 2.26. The molecule has 0 spiro atoms. The van der Waals surface area contributed by atoms with Crippen molar-refractivity contribution < 1.29 is 34.2 Å². The van der Waals surface area contributed by atoms with Crippen LogP contribution in [0.15, 0.2) is 11.3 Å². The van der Waals surface area contributed by atoms with Crippen LogP contribution >= 0.6 is 11.8 Å². The molecule has 1 saturated heterocycles. The number of carboxylic acid groups (broad SMARTS) is 1. The lowest BCUT2D eigenvalue weighted by molar-refractivity contribution is -0.188. The van der Waals surface area contributed by atoms with E-state index in [0.29, 0.717) is 5.57 Å². The predicted molar refractivity (Wildman–Crippen MR) is 67.9 cm³/mol. The van der Waals surface area contributed by atoms with Crippen LogP contribution in [0.1, 0.15) is 6.92 Å². The van der Waals surface area contributed by atoms with Gasteiger partial charge in [0.1, 0.15) is 17.7 Å². The molecule has 0 unspecified atom stereocenters. The van der Waals surface area contributed by atoms with Crippen LogP contribution in [0.4, 0.5) is 0 Å². The van der Waals surface area contributed by atoms with Gasteiger partial charge >= 0.3 is 11.9 Å². The zero-order valence-corrected chi connectivity index (χ0v) is 11.7. The van der Waals surface area contributed by atoms with E-state index < -0.39 is 29.3 Å². The minimum atomic E-state index is -1.33. The molecule has 21 heavy (non-hydrogen) atoms. The van der Waals surface area contributed by atoms with E-state index in [1.54, 1.807) is 0 Å². The Morgan fingerprint density at radius 1 is 1.57 bits per heavy atom. The molecule has 2 heterocycles. The molecule has 114 valence electrons. The fraction of sp³-hybridized carbons (Fsp3) is 0.455. The number of carbonyl (C=O) groups is 4. The molecule has 10 heteroatoms. The summed E-state index contributed by atoms with van der Waals surface area (Å²) in [5, 5.41) is 18.1. The molecule has 0 aromatic rings. The third-order valence-electron chi connectivity index (χ3n) is 3.06. The number of ether oxygens (including phenoxy) is 1. The first-order chi connectivity index (χ1) is 9.88. The largest absolute Gasteiger partial charge is 0.477 e. The maximum Gasteiger partial charge on any atom is 0.352 e. The topological polar surface area (TPSA) is 124 Å². The van der Waals surface area contributed by atoms with Gasteiger partial charge in [0, 0.05) is 18.2 Å². The van der Waals surface area contributed by atoms with E-state index >= 15 is 0 Å². The number of carboxylic acids is 1. The van der Waals surface area contributed by atoms with E-state index in [-0.39, 0.29) is 29.5 Å². The average Bonchev–Trinajstić information content (AvgIpc) is 2.43. The van der Waals surface area contributed by atoms with Crippen molar-refractivity contribution >= 4 is 36.0 Å². The van der Waals surface area contributed by atoms with Gasteiger partial charge in [0.05, 0.1) is 0 Å². The molecular formula is C11H12N2O7S. The molecule has 2 amide bonds. The molecule has 2 aliphatic rings. The lowest BCUT2D eigenvalue weighted by Gasteiger charge is -2.50. The minimum Gasteiger partial charge on any atom is -0.477 e.